The summed E-state index contributed by atoms with van der Waals surface area (Å²) in [4.78, 5) is 26.6. The first-order valence-electron chi connectivity index (χ1n) is 5.90. The summed E-state index contributed by atoms with van der Waals surface area (Å²) in [5.41, 5.74) is -1.73. The van der Waals surface area contributed by atoms with Crippen molar-refractivity contribution in [3.8, 4) is 0 Å². The minimum atomic E-state index is -1.98. The molecule has 0 saturated carbocycles. The van der Waals surface area contributed by atoms with Crippen LogP contribution in [0.5, 0.6) is 0 Å². The summed E-state index contributed by atoms with van der Waals surface area (Å²) < 4.78 is 0. The number of carbonyl (C=O) groups excluding carboxylic acids is 1. The second kappa shape index (κ2) is 6.12. The number of thiazole rings is 1. The minimum absolute atomic E-state index is 0.252. The Balaban J connectivity index is 2.59. The molecule has 1 aromatic rings. The molecule has 0 aliphatic heterocycles. The minimum Gasteiger partial charge on any atom is -0.479 e. The van der Waals surface area contributed by atoms with Gasteiger partial charge in [0.2, 0.25) is 0 Å². The van der Waals surface area contributed by atoms with Crippen molar-refractivity contribution in [3.63, 3.8) is 0 Å². The fourth-order valence-corrected chi connectivity index (χ4v) is 2.26. The molecule has 1 heterocycles. The van der Waals surface area contributed by atoms with Crippen LogP contribution in [0.4, 0.5) is 0 Å². The van der Waals surface area contributed by atoms with Crippen molar-refractivity contribution in [2.24, 2.45) is 5.92 Å². The number of amides is 1. The van der Waals surface area contributed by atoms with Crippen molar-refractivity contribution < 1.29 is 19.8 Å². The van der Waals surface area contributed by atoms with Gasteiger partial charge in [0, 0.05) is 11.8 Å². The summed E-state index contributed by atoms with van der Waals surface area (Å²) in [5, 5.41) is 23.0. The first-order chi connectivity index (χ1) is 8.72. The zero-order chi connectivity index (χ0) is 14.6. The molecule has 0 bridgehead atoms. The van der Waals surface area contributed by atoms with E-state index < -0.39 is 17.5 Å². The van der Waals surface area contributed by atoms with Gasteiger partial charge in [-0.05, 0) is 12.8 Å². The molecule has 1 unspecified atom stereocenters. The van der Waals surface area contributed by atoms with Gasteiger partial charge in [0.25, 0.3) is 5.91 Å². The molecule has 1 aromatic heterocycles. The number of carbonyl (C=O) groups is 2. The van der Waals surface area contributed by atoms with E-state index in [2.05, 4.69) is 24.1 Å². The third-order valence-electron chi connectivity index (χ3n) is 2.42. The van der Waals surface area contributed by atoms with Gasteiger partial charge in [0.15, 0.2) is 5.60 Å². The van der Waals surface area contributed by atoms with Gasteiger partial charge in [0.1, 0.15) is 5.69 Å². The van der Waals surface area contributed by atoms with Crippen molar-refractivity contribution in [2.75, 3.05) is 6.54 Å². The maximum absolute atomic E-state index is 11.7. The van der Waals surface area contributed by atoms with Crippen LogP contribution >= 0.6 is 11.3 Å². The Morgan fingerprint density at radius 1 is 1.53 bits per heavy atom. The highest BCUT2D eigenvalue weighted by Gasteiger charge is 2.30. The predicted octanol–water partition coefficient (Wildman–Crippen LogP) is 0.907. The Morgan fingerprint density at radius 2 is 2.16 bits per heavy atom. The fraction of sp³-hybridized carbons (Fsp3) is 0.583. The van der Waals surface area contributed by atoms with E-state index in [-0.39, 0.29) is 12.2 Å². The number of hydrogen-bond donors (Lipinski definition) is 3. The molecule has 1 amide bonds. The zero-order valence-corrected chi connectivity index (χ0v) is 12.0. The van der Waals surface area contributed by atoms with Crippen LogP contribution in [0.3, 0.4) is 0 Å². The average Bonchev–Trinajstić information content (AvgIpc) is 2.73. The normalized spacial score (nSPS) is 14.2. The van der Waals surface area contributed by atoms with Crippen molar-refractivity contribution >= 4 is 23.2 Å². The third kappa shape index (κ3) is 4.60. The Kier molecular flexibility index (Phi) is 5.02. The first-order valence-corrected chi connectivity index (χ1v) is 6.78. The molecule has 0 fully saturated rings. The molecule has 0 saturated heterocycles. The Hall–Kier alpha value is -1.47. The molecule has 6 nitrogen and oxygen atoms in total. The van der Waals surface area contributed by atoms with E-state index in [9.17, 15) is 14.7 Å². The van der Waals surface area contributed by atoms with E-state index in [4.69, 9.17) is 5.11 Å². The molecular weight excluding hydrogens is 268 g/mol. The second-order valence-electron chi connectivity index (χ2n) is 4.99. The van der Waals surface area contributed by atoms with Crippen molar-refractivity contribution in [2.45, 2.75) is 32.8 Å². The van der Waals surface area contributed by atoms with Gasteiger partial charge in [-0.3, -0.25) is 4.79 Å². The van der Waals surface area contributed by atoms with E-state index in [0.717, 1.165) is 18.4 Å². The van der Waals surface area contributed by atoms with E-state index in [1.54, 1.807) is 5.38 Å². The molecule has 0 radical (unpaired) electrons. The maximum Gasteiger partial charge on any atom is 0.337 e. The number of aliphatic carboxylic acids is 1. The number of aromatic nitrogens is 1. The number of hydrogen-bond acceptors (Lipinski definition) is 5. The van der Waals surface area contributed by atoms with Crippen LogP contribution in [0.25, 0.3) is 0 Å². The van der Waals surface area contributed by atoms with Crippen LogP contribution in [-0.4, -0.2) is 39.2 Å². The molecule has 3 N–H and O–H groups in total. The van der Waals surface area contributed by atoms with Crippen LogP contribution in [0.1, 0.15) is 36.3 Å². The first kappa shape index (κ1) is 15.6. The third-order valence-corrected chi connectivity index (χ3v) is 3.29. The Labute approximate surface area is 115 Å². The van der Waals surface area contributed by atoms with Gasteiger partial charge < -0.3 is 15.5 Å². The summed E-state index contributed by atoms with van der Waals surface area (Å²) in [5.74, 6) is -1.41. The molecule has 1 atom stereocenters. The van der Waals surface area contributed by atoms with Gasteiger partial charge in [-0.25, -0.2) is 9.78 Å². The molecule has 0 aliphatic carbocycles. The monoisotopic (exact) mass is 286 g/mol. The van der Waals surface area contributed by atoms with E-state index in [0.29, 0.717) is 5.92 Å². The number of carboxylic acids is 1. The standard InChI is InChI=1S/C12H18N2O4S/c1-7(2)4-9-14-8(5-19-9)10(15)13-6-12(3,18)11(16)17/h5,7,18H,4,6H2,1-3H3,(H,13,15)(H,16,17). The lowest BCUT2D eigenvalue weighted by molar-refractivity contribution is -0.155. The predicted molar refractivity (Wildman–Crippen MR) is 71.2 cm³/mol. The largest absolute Gasteiger partial charge is 0.479 e. The SMILES string of the molecule is CC(C)Cc1nc(C(=O)NCC(C)(O)C(=O)O)cs1. The zero-order valence-electron chi connectivity index (χ0n) is 11.1. The maximum atomic E-state index is 11.7. The summed E-state index contributed by atoms with van der Waals surface area (Å²) in [6.07, 6.45) is 0.796. The molecule has 7 heteroatoms. The van der Waals surface area contributed by atoms with Gasteiger partial charge in [-0.15, -0.1) is 11.3 Å². The number of nitrogens with one attached hydrogen (secondary N) is 1. The highest BCUT2D eigenvalue weighted by Crippen LogP contribution is 2.14. The molecule has 106 valence electrons. The summed E-state index contributed by atoms with van der Waals surface area (Å²) >= 11 is 1.40. The molecule has 1 rings (SSSR count). The van der Waals surface area contributed by atoms with E-state index in [1.807, 2.05) is 0 Å². The number of carboxylic acid groups (broad SMARTS) is 1. The molecule has 0 aliphatic rings. The van der Waals surface area contributed by atoms with Gasteiger partial charge >= 0.3 is 5.97 Å². The van der Waals surface area contributed by atoms with Crippen molar-refractivity contribution in [3.05, 3.63) is 16.1 Å². The smallest absolute Gasteiger partial charge is 0.337 e. The number of aliphatic hydroxyl groups is 1. The quantitative estimate of drug-likeness (QED) is 0.721. The summed E-state index contributed by atoms with van der Waals surface area (Å²) in [7, 11) is 0. The Morgan fingerprint density at radius 3 is 2.68 bits per heavy atom. The fourth-order valence-electron chi connectivity index (χ4n) is 1.28. The molecule has 0 spiro atoms. The summed E-state index contributed by atoms with van der Waals surface area (Å²) in [6, 6.07) is 0. The van der Waals surface area contributed by atoms with Gasteiger partial charge in [-0.1, -0.05) is 13.8 Å². The number of nitrogens with zero attached hydrogens (tertiary/aromatic N) is 1. The molecule has 19 heavy (non-hydrogen) atoms. The molecule has 0 aromatic carbocycles. The van der Waals surface area contributed by atoms with Crippen LogP contribution in [0.15, 0.2) is 5.38 Å². The van der Waals surface area contributed by atoms with Gasteiger partial charge in [-0.2, -0.15) is 0 Å². The van der Waals surface area contributed by atoms with E-state index in [1.165, 1.54) is 11.3 Å². The lowest BCUT2D eigenvalue weighted by atomic mass is 10.1. The highest BCUT2D eigenvalue weighted by atomic mass is 32.1. The topological polar surface area (TPSA) is 99.5 Å². The van der Waals surface area contributed by atoms with Crippen LogP contribution in [0, 0.1) is 5.92 Å². The van der Waals surface area contributed by atoms with Crippen LogP contribution < -0.4 is 5.32 Å². The van der Waals surface area contributed by atoms with E-state index >= 15 is 0 Å². The second-order valence-corrected chi connectivity index (χ2v) is 5.93. The number of rotatable bonds is 6. The van der Waals surface area contributed by atoms with Gasteiger partial charge in [0.05, 0.1) is 11.6 Å². The lowest BCUT2D eigenvalue weighted by Gasteiger charge is -2.17. The van der Waals surface area contributed by atoms with Crippen molar-refractivity contribution in [1.29, 1.82) is 0 Å². The Bertz CT molecular complexity index is 468. The van der Waals surface area contributed by atoms with Crippen LogP contribution in [-0.2, 0) is 11.2 Å². The summed E-state index contributed by atoms with van der Waals surface area (Å²) in [6.45, 7) is 4.88. The van der Waals surface area contributed by atoms with Crippen LogP contribution in [0.2, 0.25) is 0 Å². The molecular formula is C12H18N2O4S. The lowest BCUT2D eigenvalue weighted by Crippen LogP contribution is -2.46. The van der Waals surface area contributed by atoms with Crippen molar-refractivity contribution in [1.82, 2.24) is 10.3 Å². The average molecular weight is 286 g/mol. The highest BCUT2D eigenvalue weighted by molar-refractivity contribution is 7.09.